The van der Waals surface area contributed by atoms with Crippen molar-refractivity contribution in [3.05, 3.63) is 57.3 Å². The first-order valence-corrected chi connectivity index (χ1v) is 7.71. The number of esters is 1. The van der Waals surface area contributed by atoms with Crippen molar-refractivity contribution in [2.75, 3.05) is 0 Å². The van der Waals surface area contributed by atoms with Crippen LogP contribution in [0.3, 0.4) is 0 Å². The standard InChI is InChI=1S/C14H12Cl2N4O5/c1-7(19-13(20(23)24)10(6-18-19)12(17)21)25-14(22)9-5-3-2-4-8(9)11(15)16/h2-7,11H,1H3,(H2,17,21). The highest BCUT2D eigenvalue weighted by Crippen LogP contribution is 2.29. The van der Waals surface area contributed by atoms with E-state index in [1.165, 1.54) is 13.0 Å². The van der Waals surface area contributed by atoms with Crippen LogP contribution in [0.15, 0.2) is 30.5 Å². The Morgan fingerprint density at radius 1 is 1.32 bits per heavy atom. The molecule has 25 heavy (non-hydrogen) atoms. The molecule has 0 saturated carbocycles. The van der Waals surface area contributed by atoms with E-state index in [-0.39, 0.29) is 5.56 Å². The van der Waals surface area contributed by atoms with Gasteiger partial charge in [0.2, 0.25) is 0 Å². The predicted molar refractivity (Wildman–Crippen MR) is 88.4 cm³/mol. The van der Waals surface area contributed by atoms with E-state index in [0.29, 0.717) is 5.56 Å². The summed E-state index contributed by atoms with van der Waals surface area (Å²) in [5, 5.41) is 14.9. The van der Waals surface area contributed by atoms with Crippen molar-refractivity contribution in [1.29, 1.82) is 0 Å². The van der Waals surface area contributed by atoms with Gasteiger partial charge in [-0.15, -0.1) is 23.2 Å². The van der Waals surface area contributed by atoms with Gasteiger partial charge in [-0.2, -0.15) is 0 Å². The lowest BCUT2D eigenvalue weighted by Crippen LogP contribution is -2.19. The van der Waals surface area contributed by atoms with Gasteiger partial charge >= 0.3 is 11.8 Å². The van der Waals surface area contributed by atoms with Crippen LogP contribution in [0.2, 0.25) is 0 Å². The summed E-state index contributed by atoms with van der Waals surface area (Å²) in [4.78, 5) is 33.0. The van der Waals surface area contributed by atoms with Gasteiger partial charge < -0.3 is 20.6 Å². The summed E-state index contributed by atoms with van der Waals surface area (Å²) in [6.07, 6.45) is -0.245. The summed E-state index contributed by atoms with van der Waals surface area (Å²) in [5.41, 5.74) is 5.12. The minimum atomic E-state index is -1.18. The van der Waals surface area contributed by atoms with Crippen molar-refractivity contribution < 1.29 is 19.2 Å². The number of benzene rings is 1. The number of hydrogen-bond donors (Lipinski definition) is 1. The molecule has 0 aliphatic rings. The highest BCUT2D eigenvalue weighted by molar-refractivity contribution is 6.44. The first-order chi connectivity index (χ1) is 11.7. The zero-order valence-corrected chi connectivity index (χ0v) is 14.3. The Labute approximate surface area is 151 Å². The third kappa shape index (κ3) is 3.89. The lowest BCUT2D eigenvalue weighted by Gasteiger charge is -2.13. The van der Waals surface area contributed by atoms with E-state index in [1.54, 1.807) is 18.2 Å². The van der Waals surface area contributed by atoms with Gasteiger partial charge in [-0.25, -0.2) is 4.79 Å². The second-order valence-corrected chi connectivity index (χ2v) is 5.94. The summed E-state index contributed by atoms with van der Waals surface area (Å²) in [6.45, 7) is 1.35. The maximum Gasteiger partial charge on any atom is 0.361 e. The highest BCUT2D eigenvalue weighted by atomic mass is 35.5. The third-order valence-electron chi connectivity index (χ3n) is 3.25. The molecule has 1 aromatic carbocycles. The minimum Gasteiger partial charge on any atom is -0.417 e. The maximum absolute atomic E-state index is 12.3. The average Bonchev–Trinajstić information content (AvgIpc) is 3.00. The Balaban J connectivity index is 2.32. The first-order valence-electron chi connectivity index (χ1n) is 6.83. The number of halogens is 2. The molecule has 1 atom stereocenters. The number of amides is 1. The molecule has 0 saturated heterocycles. The lowest BCUT2D eigenvalue weighted by atomic mass is 10.1. The molecular weight excluding hydrogens is 375 g/mol. The SMILES string of the molecule is CC(OC(=O)c1ccccc1C(Cl)Cl)n1ncc(C(N)=O)c1[N+](=O)[O-]. The molecule has 2 N–H and O–H groups in total. The molecule has 9 nitrogen and oxygen atoms in total. The molecular formula is C14H12Cl2N4O5. The molecule has 11 heteroatoms. The van der Waals surface area contributed by atoms with Crippen LogP contribution in [0, 0.1) is 10.1 Å². The number of alkyl halides is 2. The zero-order chi connectivity index (χ0) is 18.7. The van der Waals surface area contributed by atoms with Gasteiger partial charge in [0.15, 0.2) is 5.56 Å². The van der Waals surface area contributed by atoms with Crippen molar-refractivity contribution >= 4 is 40.9 Å². The Morgan fingerprint density at radius 2 is 1.96 bits per heavy atom. The quantitative estimate of drug-likeness (QED) is 0.351. The number of nitro groups is 1. The van der Waals surface area contributed by atoms with Crippen molar-refractivity contribution in [1.82, 2.24) is 9.78 Å². The lowest BCUT2D eigenvalue weighted by molar-refractivity contribution is -0.394. The van der Waals surface area contributed by atoms with Crippen LogP contribution in [-0.2, 0) is 4.74 Å². The number of ether oxygens (including phenoxy) is 1. The predicted octanol–water partition coefficient (Wildman–Crippen LogP) is 2.74. The maximum atomic E-state index is 12.3. The largest absolute Gasteiger partial charge is 0.417 e. The summed E-state index contributed by atoms with van der Waals surface area (Å²) in [6, 6.07) is 6.23. The molecule has 1 heterocycles. The highest BCUT2D eigenvalue weighted by Gasteiger charge is 2.31. The monoisotopic (exact) mass is 386 g/mol. The fourth-order valence-electron chi connectivity index (χ4n) is 2.12. The van der Waals surface area contributed by atoms with Gasteiger partial charge in [0.25, 0.3) is 12.1 Å². The zero-order valence-electron chi connectivity index (χ0n) is 12.8. The number of primary amides is 1. The number of carbonyl (C=O) groups is 2. The number of aromatic nitrogens is 2. The van der Waals surface area contributed by atoms with Crippen molar-refractivity contribution in [2.24, 2.45) is 5.73 Å². The smallest absolute Gasteiger partial charge is 0.361 e. The van der Waals surface area contributed by atoms with Gasteiger partial charge in [0.1, 0.15) is 4.84 Å². The molecule has 2 aromatic rings. The Hall–Kier alpha value is -2.65. The second kappa shape index (κ2) is 7.49. The fraction of sp³-hybridized carbons (Fsp3) is 0.214. The third-order valence-corrected chi connectivity index (χ3v) is 3.72. The molecule has 0 spiro atoms. The Kier molecular flexibility index (Phi) is 5.60. The molecule has 0 aliphatic carbocycles. The average molecular weight is 387 g/mol. The van der Waals surface area contributed by atoms with E-state index in [1.807, 2.05) is 0 Å². The molecule has 1 amide bonds. The van der Waals surface area contributed by atoms with Crippen LogP contribution in [0.4, 0.5) is 5.82 Å². The van der Waals surface area contributed by atoms with Gasteiger partial charge in [-0.1, -0.05) is 28.0 Å². The number of nitrogens with zero attached hydrogens (tertiary/aromatic N) is 3. The van der Waals surface area contributed by atoms with E-state index in [9.17, 15) is 19.7 Å². The normalized spacial score (nSPS) is 12.0. The van der Waals surface area contributed by atoms with Crippen LogP contribution in [-0.4, -0.2) is 26.6 Å². The van der Waals surface area contributed by atoms with Crippen LogP contribution >= 0.6 is 23.2 Å². The van der Waals surface area contributed by atoms with E-state index in [4.69, 9.17) is 33.7 Å². The van der Waals surface area contributed by atoms with Crippen LogP contribution in [0.5, 0.6) is 0 Å². The van der Waals surface area contributed by atoms with Gasteiger partial charge in [0, 0.05) is 6.92 Å². The summed E-state index contributed by atoms with van der Waals surface area (Å²) in [7, 11) is 0. The topological polar surface area (TPSA) is 130 Å². The van der Waals surface area contributed by atoms with E-state index >= 15 is 0 Å². The molecule has 132 valence electrons. The number of nitrogens with two attached hydrogens (primary N) is 1. The van der Waals surface area contributed by atoms with E-state index in [2.05, 4.69) is 5.10 Å². The first kappa shape index (κ1) is 18.7. The Bertz CT molecular complexity index is 836. The van der Waals surface area contributed by atoms with E-state index in [0.717, 1.165) is 10.9 Å². The number of hydrogen-bond acceptors (Lipinski definition) is 6. The fourth-order valence-corrected chi connectivity index (χ4v) is 2.50. The van der Waals surface area contributed by atoms with Gasteiger partial charge in [0.05, 0.1) is 11.8 Å². The molecule has 0 aliphatic heterocycles. The van der Waals surface area contributed by atoms with Crippen molar-refractivity contribution in [3.8, 4) is 0 Å². The summed E-state index contributed by atoms with van der Waals surface area (Å²) < 4.78 is 5.96. The molecule has 1 unspecified atom stereocenters. The molecule has 2 rings (SSSR count). The molecule has 1 aromatic heterocycles. The van der Waals surface area contributed by atoms with Crippen molar-refractivity contribution in [2.45, 2.75) is 18.0 Å². The van der Waals surface area contributed by atoms with Crippen LogP contribution < -0.4 is 5.73 Å². The van der Waals surface area contributed by atoms with Gasteiger partial charge in [-0.05, 0) is 16.6 Å². The Morgan fingerprint density at radius 3 is 2.52 bits per heavy atom. The van der Waals surface area contributed by atoms with Crippen LogP contribution in [0.25, 0.3) is 0 Å². The van der Waals surface area contributed by atoms with E-state index < -0.39 is 39.2 Å². The molecule has 0 radical (unpaired) electrons. The van der Waals surface area contributed by atoms with Crippen LogP contribution in [0.1, 0.15) is 44.3 Å². The number of rotatable bonds is 6. The summed E-state index contributed by atoms with van der Waals surface area (Å²) in [5.74, 6) is -2.50. The summed E-state index contributed by atoms with van der Waals surface area (Å²) >= 11 is 11.6. The van der Waals surface area contributed by atoms with Gasteiger partial charge in [-0.3, -0.25) is 4.79 Å². The minimum absolute atomic E-state index is 0.106. The van der Waals surface area contributed by atoms with Crippen molar-refractivity contribution in [3.63, 3.8) is 0 Å². The number of carbonyl (C=O) groups excluding carboxylic acids is 2. The molecule has 0 fully saturated rings. The second-order valence-electron chi connectivity index (χ2n) is 4.84. The molecule has 0 bridgehead atoms.